The van der Waals surface area contributed by atoms with Crippen LogP contribution in [-0.2, 0) is 9.59 Å². The lowest BCUT2D eigenvalue weighted by molar-refractivity contribution is -0.145. The number of hydrazone groups is 1. The number of nitrogens with zero attached hydrogens (tertiary/aromatic N) is 2. The maximum atomic E-state index is 11.5. The van der Waals surface area contributed by atoms with Gasteiger partial charge in [-0.1, -0.05) is 0 Å². The third kappa shape index (κ3) is 1.36. The zero-order valence-corrected chi connectivity index (χ0v) is 7.81. The minimum atomic E-state index is -1.61. The number of rotatable bonds is 3. The summed E-state index contributed by atoms with van der Waals surface area (Å²) in [4.78, 5) is 22.1. The monoisotopic (exact) mass is 201 g/mol. The van der Waals surface area contributed by atoms with Gasteiger partial charge in [0.1, 0.15) is 0 Å². The molecular weight excluding hydrogens is 190 g/mol. The van der Waals surface area contributed by atoms with Gasteiger partial charge in [0, 0.05) is 7.05 Å². The second-order valence-corrected chi connectivity index (χ2v) is 3.10. The second-order valence-electron chi connectivity index (χ2n) is 3.10. The molecule has 0 spiro atoms. The van der Waals surface area contributed by atoms with Crippen molar-refractivity contribution in [1.29, 1.82) is 0 Å². The molecule has 0 radical (unpaired) electrons. The first kappa shape index (κ1) is 10.6. The number of carbonyl (C=O) groups excluding carboxylic acids is 1. The molecule has 14 heavy (non-hydrogen) atoms. The van der Waals surface area contributed by atoms with E-state index in [4.69, 9.17) is 10.3 Å². The SMILES string of the molecule is CC1=NN(C)C(=O)C1(CC(=O)O)NO. The van der Waals surface area contributed by atoms with Crippen LogP contribution in [0.1, 0.15) is 13.3 Å². The van der Waals surface area contributed by atoms with Gasteiger partial charge >= 0.3 is 5.97 Å². The summed E-state index contributed by atoms with van der Waals surface area (Å²) in [6, 6.07) is 0. The maximum Gasteiger partial charge on any atom is 0.306 e. The topological polar surface area (TPSA) is 102 Å². The fourth-order valence-electron chi connectivity index (χ4n) is 1.39. The van der Waals surface area contributed by atoms with Crippen molar-refractivity contribution in [1.82, 2.24) is 10.5 Å². The zero-order valence-electron chi connectivity index (χ0n) is 7.81. The summed E-state index contributed by atoms with van der Waals surface area (Å²) in [6.07, 6.45) is -0.540. The largest absolute Gasteiger partial charge is 0.481 e. The number of carbonyl (C=O) groups is 2. The Balaban J connectivity index is 3.05. The van der Waals surface area contributed by atoms with Gasteiger partial charge in [0.25, 0.3) is 5.91 Å². The van der Waals surface area contributed by atoms with Gasteiger partial charge in [-0.2, -0.15) is 10.6 Å². The van der Waals surface area contributed by atoms with Gasteiger partial charge in [0.05, 0.1) is 12.1 Å². The zero-order chi connectivity index (χ0) is 10.9. The van der Waals surface area contributed by atoms with Crippen molar-refractivity contribution in [2.75, 3.05) is 7.05 Å². The van der Waals surface area contributed by atoms with Crippen LogP contribution in [0, 0.1) is 0 Å². The first-order valence-corrected chi connectivity index (χ1v) is 3.91. The van der Waals surface area contributed by atoms with Crippen LogP contribution in [0.4, 0.5) is 0 Å². The van der Waals surface area contributed by atoms with E-state index in [0.717, 1.165) is 5.01 Å². The van der Waals surface area contributed by atoms with Crippen LogP contribution in [0.25, 0.3) is 0 Å². The fourth-order valence-corrected chi connectivity index (χ4v) is 1.39. The lowest BCUT2D eigenvalue weighted by atomic mass is 9.91. The highest BCUT2D eigenvalue weighted by atomic mass is 16.5. The van der Waals surface area contributed by atoms with Crippen LogP contribution in [0.5, 0.6) is 0 Å². The molecule has 1 heterocycles. The summed E-state index contributed by atoms with van der Waals surface area (Å²) in [6.45, 7) is 1.48. The number of hydrogen-bond acceptors (Lipinski definition) is 5. The molecule has 3 N–H and O–H groups in total. The normalized spacial score (nSPS) is 26.6. The molecule has 1 aliphatic heterocycles. The van der Waals surface area contributed by atoms with Crippen LogP contribution < -0.4 is 5.48 Å². The maximum absolute atomic E-state index is 11.5. The number of carboxylic acid groups (broad SMARTS) is 1. The van der Waals surface area contributed by atoms with Gasteiger partial charge in [0.15, 0.2) is 5.54 Å². The number of hydrogen-bond donors (Lipinski definition) is 3. The van der Waals surface area contributed by atoms with Crippen molar-refractivity contribution in [3.63, 3.8) is 0 Å². The Morgan fingerprint density at radius 2 is 2.29 bits per heavy atom. The van der Waals surface area contributed by atoms with E-state index in [1.54, 1.807) is 5.48 Å². The number of nitrogens with one attached hydrogen (secondary N) is 1. The molecule has 78 valence electrons. The second kappa shape index (κ2) is 3.35. The van der Waals surface area contributed by atoms with E-state index in [1.165, 1.54) is 14.0 Å². The van der Waals surface area contributed by atoms with Crippen LogP contribution >= 0.6 is 0 Å². The van der Waals surface area contributed by atoms with Crippen LogP contribution in [0.3, 0.4) is 0 Å². The Morgan fingerprint density at radius 1 is 1.71 bits per heavy atom. The molecule has 0 aliphatic carbocycles. The quantitative estimate of drug-likeness (QED) is 0.510. The Kier molecular flexibility index (Phi) is 2.54. The van der Waals surface area contributed by atoms with E-state index in [9.17, 15) is 9.59 Å². The highest BCUT2D eigenvalue weighted by molar-refractivity contribution is 6.17. The molecule has 7 heteroatoms. The number of amides is 1. The molecule has 1 rings (SSSR count). The van der Waals surface area contributed by atoms with Crippen molar-refractivity contribution >= 4 is 17.6 Å². The van der Waals surface area contributed by atoms with E-state index in [-0.39, 0.29) is 5.71 Å². The first-order valence-electron chi connectivity index (χ1n) is 3.91. The van der Waals surface area contributed by atoms with Crippen LogP contribution in [0.15, 0.2) is 5.10 Å². The highest BCUT2D eigenvalue weighted by Crippen LogP contribution is 2.22. The number of likely N-dealkylation sites (N-methyl/N-ethyl adjacent to an activating group) is 1. The van der Waals surface area contributed by atoms with Gasteiger partial charge < -0.3 is 10.3 Å². The fraction of sp³-hybridized carbons (Fsp3) is 0.571. The van der Waals surface area contributed by atoms with Crippen molar-refractivity contribution in [3.05, 3.63) is 0 Å². The number of aliphatic carboxylic acids is 1. The van der Waals surface area contributed by atoms with Crippen molar-refractivity contribution in [3.8, 4) is 0 Å². The van der Waals surface area contributed by atoms with Gasteiger partial charge in [-0.05, 0) is 6.92 Å². The van der Waals surface area contributed by atoms with E-state index >= 15 is 0 Å². The molecule has 0 saturated heterocycles. The molecule has 1 unspecified atom stereocenters. The third-order valence-corrected chi connectivity index (χ3v) is 2.18. The Bertz CT molecular complexity index is 314. The van der Waals surface area contributed by atoms with Crippen LogP contribution in [0.2, 0.25) is 0 Å². The molecular formula is C7H11N3O4. The molecule has 0 aromatic rings. The standard InChI is InChI=1S/C7H11N3O4/c1-4-7(9-14,3-5(11)12)6(13)10(2)8-4/h9,14H,3H2,1-2H3,(H,11,12). The van der Waals surface area contributed by atoms with E-state index in [2.05, 4.69) is 5.10 Å². The Labute approximate surface area is 80.0 Å². The molecule has 1 aliphatic rings. The average Bonchev–Trinajstić information content (AvgIpc) is 2.29. The summed E-state index contributed by atoms with van der Waals surface area (Å²) in [5.41, 5.74) is 0.357. The minimum Gasteiger partial charge on any atom is -0.481 e. The smallest absolute Gasteiger partial charge is 0.306 e. The molecule has 0 bridgehead atoms. The Hall–Kier alpha value is -1.47. The predicted molar refractivity (Wildman–Crippen MR) is 45.8 cm³/mol. The summed E-state index contributed by atoms with van der Waals surface area (Å²) in [7, 11) is 1.40. The van der Waals surface area contributed by atoms with Gasteiger partial charge in [-0.25, -0.2) is 5.01 Å². The summed E-state index contributed by atoms with van der Waals surface area (Å²) in [5.74, 6) is -1.77. The minimum absolute atomic E-state index is 0.231. The van der Waals surface area contributed by atoms with E-state index in [0.29, 0.717) is 0 Å². The lowest BCUT2D eigenvalue weighted by Crippen LogP contribution is -2.56. The van der Waals surface area contributed by atoms with E-state index in [1.807, 2.05) is 0 Å². The number of carboxylic acids is 1. The van der Waals surface area contributed by atoms with Crippen molar-refractivity contribution in [2.45, 2.75) is 18.9 Å². The van der Waals surface area contributed by atoms with Gasteiger partial charge in [-0.3, -0.25) is 9.59 Å². The average molecular weight is 201 g/mol. The molecule has 1 atom stereocenters. The van der Waals surface area contributed by atoms with Crippen molar-refractivity contribution < 1.29 is 19.9 Å². The van der Waals surface area contributed by atoms with Crippen molar-refractivity contribution in [2.24, 2.45) is 5.10 Å². The molecule has 7 nitrogen and oxygen atoms in total. The van der Waals surface area contributed by atoms with Crippen LogP contribution in [-0.4, -0.2) is 45.5 Å². The Morgan fingerprint density at radius 3 is 2.57 bits per heavy atom. The van der Waals surface area contributed by atoms with Gasteiger partial charge in [-0.15, -0.1) is 0 Å². The molecule has 0 aromatic carbocycles. The first-order chi connectivity index (χ1) is 6.44. The highest BCUT2D eigenvalue weighted by Gasteiger charge is 2.49. The number of hydroxylamine groups is 1. The molecule has 0 fully saturated rings. The van der Waals surface area contributed by atoms with E-state index < -0.39 is 23.8 Å². The summed E-state index contributed by atoms with van der Waals surface area (Å²) < 4.78 is 0. The summed E-state index contributed by atoms with van der Waals surface area (Å²) >= 11 is 0. The molecule has 0 saturated carbocycles. The third-order valence-electron chi connectivity index (χ3n) is 2.18. The molecule has 1 amide bonds. The predicted octanol–water partition coefficient (Wildman–Crippen LogP) is -0.973. The lowest BCUT2D eigenvalue weighted by Gasteiger charge is -2.23. The molecule has 0 aromatic heterocycles. The van der Waals surface area contributed by atoms with Gasteiger partial charge in [0.2, 0.25) is 0 Å². The summed E-state index contributed by atoms with van der Waals surface area (Å²) in [5, 5.41) is 22.3.